The Balaban J connectivity index is 1.40. The third kappa shape index (κ3) is 5.99. The van der Waals surface area contributed by atoms with Crippen LogP contribution in [0.15, 0.2) is 102 Å². The van der Waals surface area contributed by atoms with Crippen LogP contribution in [0, 0.1) is 0 Å². The van der Waals surface area contributed by atoms with Crippen molar-refractivity contribution in [2.24, 2.45) is 0 Å². The summed E-state index contributed by atoms with van der Waals surface area (Å²) in [6.45, 7) is 1.17. The second-order valence-corrected chi connectivity index (χ2v) is 9.56. The third-order valence-corrected chi connectivity index (χ3v) is 7.02. The summed E-state index contributed by atoms with van der Waals surface area (Å²) in [5.74, 6) is -0.967. The summed E-state index contributed by atoms with van der Waals surface area (Å²) in [6.07, 6.45) is 5.23. The van der Waals surface area contributed by atoms with Crippen LogP contribution in [0.5, 0.6) is 0 Å². The summed E-state index contributed by atoms with van der Waals surface area (Å²) in [6, 6.07) is 23.4. The van der Waals surface area contributed by atoms with E-state index in [4.69, 9.17) is 5.11 Å². The van der Waals surface area contributed by atoms with Crippen LogP contribution in [0.1, 0.15) is 21.5 Å². The van der Waals surface area contributed by atoms with E-state index in [9.17, 15) is 13.2 Å². The predicted octanol–water partition coefficient (Wildman–Crippen LogP) is 3.93. The van der Waals surface area contributed by atoms with E-state index in [1.807, 2.05) is 42.5 Å². The number of aromatic carboxylic acids is 1. The molecular weight excluding hydrogens is 462 g/mol. The Hall–Kier alpha value is -3.85. The van der Waals surface area contributed by atoms with Gasteiger partial charge in [0.2, 0.25) is 10.0 Å². The zero-order chi connectivity index (χ0) is 24.7. The van der Waals surface area contributed by atoms with Gasteiger partial charge in [0.05, 0.1) is 10.5 Å². The van der Waals surface area contributed by atoms with Crippen molar-refractivity contribution in [1.29, 1.82) is 0 Å². The van der Waals surface area contributed by atoms with Gasteiger partial charge in [-0.05, 0) is 41.0 Å². The van der Waals surface area contributed by atoms with E-state index < -0.39 is 16.0 Å². The summed E-state index contributed by atoms with van der Waals surface area (Å²) >= 11 is 0. The lowest BCUT2D eigenvalue weighted by Crippen LogP contribution is -2.32. The molecule has 0 bridgehead atoms. The second-order valence-electron chi connectivity index (χ2n) is 7.82. The highest BCUT2D eigenvalue weighted by Crippen LogP contribution is 2.24. The molecule has 178 valence electrons. The van der Waals surface area contributed by atoms with Gasteiger partial charge in [0, 0.05) is 42.8 Å². The van der Waals surface area contributed by atoms with Gasteiger partial charge in [0.25, 0.3) is 0 Å². The van der Waals surface area contributed by atoms with E-state index in [1.54, 1.807) is 54.9 Å². The SMILES string of the molecule is O=C(O)c1ccc(/C(=C/CNCCNS(=O)(=O)c2cccc3cnccc23)c2ccccc2)cc1. The number of fused-ring (bicyclic) bond motifs is 1. The Morgan fingerprint density at radius 2 is 1.57 bits per heavy atom. The van der Waals surface area contributed by atoms with Crippen molar-refractivity contribution in [2.45, 2.75) is 4.90 Å². The highest BCUT2D eigenvalue weighted by molar-refractivity contribution is 7.89. The van der Waals surface area contributed by atoms with Crippen LogP contribution >= 0.6 is 0 Å². The highest BCUT2D eigenvalue weighted by Gasteiger charge is 2.16. The van der Waals surface area contributed by atoms with E-state index in [1.165, 1.54) is 0 Å². The molecule has 4 rings (SSSR count). The summed E-state index contributed by atoms with van der Waals surface area (Å²) in [5.41, 5.74) is 3.09. The number of carboxylic acid groups (broad SMARTS) is 1. The van der Waals surface area contributed by atoms with E-state index in [0.717, 1.165) is 22.1 Å². The molecule has 0 atom stereocenters. The van der Waals surface area contributed by atoms with Crippen LogP contribution in [0.25, 0.3) is 16.3 Å². The van der Waals surface area contributed by atoms with E-state index >= 15 is 0 Å². The number of hydrogen-bond donors (Lipinski definition) is 3. The summed E-state index contributed by atoms with van der Waals surface area (Å²) in [4.78, 5) is 15.4. The first-order valence-corrected chi connectivity index (χ1v) is 12.6. The number of pyridine rings is 1. The molecule has 0 aliphatic rings. The van der Waals surface area contributed by atoms with Crippen molar-refractivity contribution in [3.63, 3.8) is 0 Å². The average Bonchev–Trinajstić information content (AvgIpc) is 2.88. The van der Waals surface area contributed by atoms with Gasteiger partial charge in [-0.25, -0.2) is 17.9 Å². The molecule has 0 radical (unpaired) electrons. The molecule has 8 heteroatoms. The Labute approximate surface area is 204 Å². The summed E-state index contributed by atoms with van der Waals surface area (Å²) < 4.78 is 28.3. The number of sulfonamides is 1. The standard InChI is InChI=1S/C27H25N3O4S/c31-27(32)22-11-9-21(10-12-22)24(20-5-2-1-3-6-20)13-15-28-17-18-30-35(33,34)26-8-4-7-23-19-29-16-14-25(23)26/h1-14,16,19,28,30H,15,17-18H2,(H,31,32)/b24-13+. The van der Waals surface area contributed by atoms with Gasteiger partial charge < -0.3 is 10.4 Å². The largest absolute Gasteiger partial charge is 0.478 e. The monoisotopic (exact) mass is 487 g/mol. The topological polar surface area (TPSA) is 108 Å². The number of nitrogens with zero attached hydrogens (tertiary/aromatic N) is 1. The van der Waals surface area contributed by atoms with Crippen molar-refractivity contribution >= 4 is 32.3 Å². The first-order chi connectivity index (χ1) is 17.0. The zero-order valence-corrected chi connectivity index (χ0v) is 19.7. The number of rotatable bonds is 10. The summed E-state index contributed by atoms with van der Waals surface area (Å²) in [7, 11) is -3.67. The van der Waals surface area contributed by atoms with Crippen LogP contribution in [0.3, 0.4) is 0 Å². The fourth-order valence-electron chi connectivity index (χ4n) is 3.77. The lowest BCUT2D eigenvalue weighted by atomic mass is 9.96. The minimum absolute atomic E-state index is 0.228. The van der Waals surface area contributed by atoms with Crippen molar-refractivity contribution in [2.75, 3.05) is 19.6 Å². The molecule has 4 aromatic rings. The first kappa shape index (κ1) is 24.3. The van der Waals surface area contributed by atoms with Gasteiger partial charge in [-0.3, -0.25) is 4.98 Å². The number of nitrogens with one attached hydrogen (secondary N) is 2. The Morgan fingerprint density at radius 1 is 0.857 bits per heavy atom. The molecular formula is C27H25N3O4S. The average molecular weight is 488 g/mol. The minimum Gasteiger partial charge on any atom is -0.478 e. The number of hydrogen-bond acceptors (Lipinski definition) is 5. The smallest absolute Gasteiger partial charge is 0.335 e. The van der Waals surface area contributed by atoms with Crippen molar-refractivity contribution in [3.05, 3.63) is 114 Å². The van der Waals surface area contributed by atoms with E-state index in [2.05, 4.69) is 15.0 Å². The maximum atomic E-state index is 12.8. The Morgan fingerprint density at radius 3 is 2.31 bits per heavy atom. The normalized spacial score (nSPS) is 12.1. The van der Waals surface area contributed by atoms with Crippen LogP contribution in [0.4, 0.5) is 0 Å². The maximum absolute atomic E-state index is 12.8. The fraction of sp³-hybridized carbons (Fsp3) is 0.111. The number of aromatic nitrogens is 1. The van der Waals surface area contributed by atoms with Crippen molar-refractivity contribution in [1.82, 2.24) is 15.0 Å². The Bertz CT molecular complexity index is 1450. The van der Waals surface area contributed by atoms with Gasteiger partial charge in [-0.1, -0.05) is 60.7 Å². The lowest BCUT2D eigenvalue weighted by Gasteiger charge is -2.11. The van der Waals surface area contributed by atoms with Gasteiger partial charge >= 0.3 is 5.97 Å². The predicted molar refractivity (Wildman–Crippen MR) is 137 cm³/mol. The maximum Gasteiger partial charge on any atom is 0.335 e. The van der Waals surface area contributed by atoms with Crippen LogP contribution in [-0.2, 0) is 10.0 Å². The van der Waals surface area contributed by atoms with Crippen LogP contribution in [0.2, 0.25) is 0 Å². The molecule has 1 heterocycles. The van der Waals surface area contributed by atoms with Crippen LogP contribution < -0.4 is 10.0 Å². The van der Waals surface area contributed by atoms with Gasteiger partial charge in [-0.15, -0.1) is 0 Å². The molecule has 0 aliphatic heterocycles. The van der Waals surface area contributed by atoms with Gasteiger partial charge in [0.15, 0.2) is 0 Å². The molecule has 3 N–H and O–H groups in total. The molecule has 0 saturated heterocycles. The summed E-state index contributed by atoms with van der Waals surface area (Å²) in [5, 5.41) is 13.8. The van der Waals surface area contributed by atoms with Crippen LogP contribution in [-0.4, -0.2) is 44.1 Å². The minimum atomic E-state index is -3.67. The molecule has 0 saturated carbocycles. The molecule has 0 spiro atoms. The van der Waals surface area contributed by atoms with Crippen molar-refractivity contribution in [3.8, 4) is 0 Å². The third-order valence-electron chi connectivity index (χ3n) is 5.50. The number of carbonyl (C=O) groups is 1. The molecule has 0 fully saturated rings. The number of benzene rings is 3. The number of carboxylic acids is 1. The lowest BCUT2D eigenvalue weighted by molar-refractivity contribution is 0.0697. The fourth-order valence-corrected chi connectivity index (χ4v) is 5.03. The second kappa shape index (κ2) is 11.1. The highest BCUT2D eigenvalue weighted by atomic mass is 32.2. The van der Waals surface area contributed by atoms with Crippen molar-refractivity contribution < 1.29 is 18.3 Å². The first-order valence-electron chi connectivity index (χ1n) is 11.1. The van der Waals surface area contributed by atoms with E-state index in [0.29, 0.717) is 18.5 Å². The van der Waals surface area contributed by atoms with Gasteiger partial charge in [0.1, 0.15) is 0 Å². The molecule has 0 unspecified atom stereocenters. The molecule has 1 aromatic heterocycles. The molecule has 0 amide bonds. The van der Waals surface area contributed by atoms with E-state index in [-0.39, 0.29) is 17.0 Å². The zero-order valence-electron chi connectivity index (χ0n) is 18.9. The molecule has 3 aromatic carbocycles. The quantitative estimate of drug-likeness (QED) is 0.293. The molecule has 35 heavy (non-hydrogen) atoms. The molecule has 7 nitrogen and oxygen atoms in total. The molecule has 0 aliphatic carbocycles. The Kier molecular flexibility index (Phi) is 7.67. The van der Waals surface area contributed by atoms with Gasteiger partial charge in [-0.2, -0.15) is 0 Å².